The third-order valence-corrected chi connectivity index (χ3v) is 4.29. The maximum atomic E-state index is 12.1. The zero-order chi connectivity index (χ0) is 18.8. The minimum atomic E-state index is -0.291. The van der Waals surface area contributed by atoms with E-state index in [9.17, 15) is 9.90 Å². The number of phenolic OH excluding ortho intramolecular Hbond substituents is 1. The molecule has 27 heavy (non-hydrogen) atoms. The Hall–Kier alpha value is -1.55. The molecule has 1 aliphatic heterocycles. The Labute approximate surface area is 178 Å². The molecule has 3 N–H and O–H groups in total. The second kappa shape index (κ2) is 12.8. The third kappa shape index (κ3) is 7.53. The van der Waals surface area contributed by atoms with Gasteiger partial charge in [-0.3, -0.25) is 9.79 Å². The number of aromatic hydroxyl groups is 1. The Morgan fingerprint density at radius 3 is 2.81 bits per heavy atom. The smallest absolute Gasteiger partial charge is 0.255 e. The summed E-state index contributed by atoms with van der Waals surface area (Å²) in [4.78, 5) is 18.9. The first kappa shape index (κ1) is 23.5. The second-order valence-electron chi connectivity index (χ2n) is 6.27. The number of nitrogens with zero attached hydrogens (tertiary/aromatic N) is 2. The van der Waals surface area contributed by atoms with E-state index in [4.69, 9.17) is 4.74 Å². The number of nitrogens with one attached hydrogen (secondary N) is 2. The number of amides is 1. The fraction of sp³-hybridized carbons (Fsp3) is 0.579. The summed E-state index contributed by atoms with van der Waals surface area (Å²) in [7, 11) is 0. The molecule has 1 fully saturated rings. The zero-order valence-corrected chi connectivity index (χ0v) is 18.4. The van der Waals surface area contributed by atoms with E-state index in [1.165, 1.54) is 6.07 Å². The number of carbonyl (C=O) groups is 1. The first-order valence-corrected chi connectivity index (χ1v) is 9.32. The highest BCUT2D eigenvalue weighted by atomic mass is 127. The van der Waals surface area contributed by atoms with Crippen molar-refractivity contribution in [2.45, 2.75) is 20.3 Å². The molecule has 8 heteroatoms. The number of hydrogen-bond acceptors (Lipinski definition) is 4. The molecular formula is C19H31IN4O3. The maximum Gasteiger partial charge on any atom is 0.255 e. The van der Waals surface area contributed by atoms with Gasteiger partial charge in [-0.15, -0.1) is 24.0 Å². The van der Waals surface area contributed by atoms with Crippen molar-refractivity contribution in [3.05, 3.63) is 29.8 Å². The van der Waals surface area contributed by atoms with Crippen LogP contribution >= 0.6 is 24.0 Å². The van der Waals surface area contributed by atoms with Crippen LogP contribution in [0.1, 0.15) is 30.6 Å². The van der Waals surface area contributed by atoms with Crippen molar-refractivity contribution in [2.24, 2.45) is 10.9 Å². The molecule has 0 aliphatic carbocycles. The highest BCUT2D eigenvalue weighted by Gasteiger charge is 2.24. The highest BCUT2D eigenvalue weighted by molar-refractivity contribution is 14.0. The predicted molar refractivity (Wildman–Crippen MR) is 118 cm³/mol. The van der Waals surface area contributed by atoms with Gasteiger partial charge in [-0.05, 0) is 32.4 Å². The van der Waals surface area contributed by atoms with E-state index in [-0.39, 0.29) is 41.2 Å². The van der Waals surface area contributed by atoms with Gasteiger partial charge in [0, 0.05) is 38.7 Å². The van der Waals surface area contributed by atoms with Crippen molar-refractivity contribution < 1.29 is 14.6 Å². The summed E-state index contributed by atoms with van der Waals surface area (Å²) in [5.41, 5.74) is 0.279. The van der Waals surface area contributed by atoms with E-state index in [1.54, 1.807) is 18.2 Å². The summed E-state index contributed by atoms with van der Waals surface area (Å²) in [6, 6.07) is 6.51. The molecule has 0 spiro atoms. The second-order valence-corrected chi connectivity index (χ2v) is 6.27. The molecule has 0 aromatic heterocycles. The van der Waals surface area contributed by atoms with E-state index in [1.807, 2.05) is 13.8 Å². The molecule has 0 bridgehead atoms. The van der Waals surface area contributed by atoms with Gasteiger partial charge in [0.25, 0.3) is 5.91 Å². The lowest BCUT2D eigenvalue weighted by Gasteiger charge is -2.21. The van der Waals surface area contributed by atoms with E-state index < -0.39 is 0 Å². The fourth-order valence-corrected chi connectivity index (χ4v) is 2.96. The Balaban J connectivity index is 0.00000364. The van der Waals surface area contributed by atoms with E-state index in [2.05, 4.69) is 20.5 Å². The lowest BCUT2D eigenvalue weighted by molar-refractivity contribution is 0.0952. The van der Waals surface area contributed by atoms with Crippen LogP contribution in [0.15, 0.2) is 29.3 Å². The van der Waals surface area contributed by atoms with Gasteiger partial charge in [0.1, 0.15) is 5.75 Å². The predicted octanol–water partition coefficient (Wildman–Crippen LogP) is 2.06. The zero-order valence-electron chi connectivity index (χ0n) is 16.1. The number of ether oxygens (including phenoxy) is 1. The molecule has 152 valence electrons. The van der Waals surface area contributed by atoms with Gasteiger partial charge in [0.15, 0.2) is 5.96 Å². The molecular weight excluding hydrogens is 459 g/mol. The van der Waals surface area contributed by atoms with Gasteiger partial charge in [-0.1, -0.05) is 12.1 Å². The van der Waals surface area contributed by atoms with E-state index in [0.29, 0.717) is 19.0 Å². The summed E-state index contributed by atoms with van der Waals surface area (Å²) in [6.07, 6.45) is 1.11. The molecule has 1 unspecified atom stereocenters. The number of para-hydroxylation sites is 1. The first-order chi connectivity index (χ1) is 12.7. The quantitative estimate of drug-likeness (QED) is 0.225. The number of guanidine groups is 1. The molecule has 1 aliphatic rings. The van der Waals surface area contributed by atoms with Crippen molar-refractivity contribution in [1.29, 1.82) is 0 Å². The normalized spacial score (nSPS) is 16.7. The fourth-order valence-electron chi connectivity index (χ4n) is 2.96. The number of benzene rings is 1. The minimum Gasteiger partial charge on any atom is -0.507 e. The summed E-state index contributed by atoms with van der Waals surface area (Å²) in [5, 5.41) is 15.8. The van der Waals surface area contributed by atoms with Crippen molar-refractivity contribution in [1.82, 2.24) is 15.5 Å². The average Bonchev–Trinajstić information content (AvgIpc) is 3.11. The Morgan fingerprint density at radius 1 is 1.33 bits per heavy atom. The van der Waals surface area contributed by atoms with E-state index >= 15 is 0 Å². The summed E-state index contributed by atoms with van der Waals surface area (Å²) < 4.78 is 5.53. The largest absolute Gasteiger partial charge is 0.507 e. The number of carbonyl (C=O) groups excluding carboxylic acids is 1. The van der Waals surface area contributed by atoms with Crippen LogP contribution in [0.5, 0.6) is 5.75 Å². The molecule has 1 heterocycles. The standard InChI is InChI=1S/C19H30N4O3.HI/c1-3-20-19(23-12-9-15(13-23)14-26-4-2)22-11-10-21-18(25)16-7-5-6-8-17(16)24;/h5-8,15,24H,3-4,9-14H2,1-2H3,(H,20,22)(H,21,25);1H. The van der Waals surface area contributed by atoms with Gasteiger partial charge >= 0.3 is 0 Å². The lowest BCUT2D eigenvalue weighted by atomic mass is 10.1. The van der Waals surface area contributed by atoms with Gasteiger partial charge in [-0.2, -0.15) is 0 Å². The van der Waals surface area contributed by atoms with Crippen molar-refractivity contribution in [3.63, 3.8) is 0 Å². The minimum absolute atomic E-state index is 0. The maximum absolute atomic E-state index is 12.1. The van der Waals surface area contributed by atoms with Gasteiger partial charge in [0.05, 0.1) is 18.7 Å². The molecule has 0 radical (unpaired) electrons. The van der Waals surface area contributed by atoms with Crippen LogP contribution in [0.2, 0.25) is 0 Å². The Morgan fingerprint density at radius 2 is 2.11 bits per heavy atom. The Kier molecular flexibility index (Phi) is 11.1. The molecule has 1 amide bonds. The Bertz CT molecular complexity index is 612. The monoisotopic (exact) mass is 490 g/mol. The average molecular weight is 490 g/mol. The van der Waals surface area contributed by atoms with Crippen LogP contribution in [0.3, 0.4) is 0 Å². The number of halogens is 1. The summed E-state index contributed by atoms with van der Waals surface area (Å²) in [5.74, 6) is 1.11. The molecule has 1 aromatic rings. The SMILES string of the molecule is CCNC(=NCCNC(=O)c1ccccc1O)N1CCC(COCC)C1.I. The molecule has 7 nitrogen and oxygen atoms in total. The van der Waals surface area contributed by atoms with Crippen LogP contribution in [0, 0.1) is 5.92 Å². The van der Waals surface area contributed by atoms with Gasteiger partial charge < -0.3 is 25.4 Å². The number of likely N-dealkylation sites (tertiary alicyclic amines) is 1. The van der Waals surface area contributed by atoms with Crippen LogP contribution in [-0.4, -0.2) is 67.8 Å². The molecule has 1 aromatic carbocycles. The van der Waals surface area contributed by atoms with Crippen LogP contribution < -0.4 is 10.6 Å². The highest BCUT2D eigenvalue weighted by Crippen LogP contribution is 2.17. The van der Waals surface area contributed by atoms with Gasteiger partial charge in [-0.25, -0.2) is 0 Å². The summed E-state index contributed by atoms with van der Waals surface area (Å²) >= 11 is 0. The number of hydrogen-bond donors (Lipinski definition) is 3. The first-order valence-electron chi connectivity index (χ1n) is 9.32. The summed E-state index contributed by atoms with van der Waals surface area (Å²) in [6.45, 7) is 9.21. The number of phenols is 1. The van der Waals surface area contributed by atoms with Crippen LogP contribution in [0.4, 0.5) is 0 Å². The van der Waals surface area contributed by atoms with Crippen LogP contribution in [0.25, 0.3) is 0 Å². The topological polar surface area (TPSA) is 86.2 Å². The molecule has 0 saturated carbocycles. The van der Waals surface area contributed by atoms with E-state index in [0.717, 1.165) is 45.2 Å². The molecule has 2 rings (SSSR count). The lowest BCUT2D eigenvalue weighted by Crippen LogP contribution is -2.40. The molecule has 1 saturated heterocycles. The third-order valence-electron chi connectivity index (χ3n) is 4.29. The van der Waals surface area contributed by atoms with Crippen LogP contribution in [-0.2, 0) is 4.74 Å². The van der Waals surface area contributed by atoms with Crippen molar-refractivity contribution in [3.8, 4) is 5.75 Å². The van der Waals surface area contributed by atoms with Crippen molar-refractivity contribution in [2.75, 3.05) is 45.9 Å². The number of aliphatic imine (C=N–C) groups is 1. The number of rotatable bonds is 8. The van der Waals surface area contributed by atoms with Crippen molar-refractivity contribution >= 4 is 35.8 Å². The van der Waals surface area contributed by atoms with Gasteiger partial charge in [0.2, 0.25) is 0 Å². The molecule has 1 atom stereocenters.